The van der Waals surface area contributed by atoms with Gasteiger partial charge in [0, 0.05) is 5.69 Å². The zero-order valence-electron chi connectivity index (χ0n) is 15.3. The second-order valence-electron chi connectivity index (χ2n) is 6.13. The molecule has 0 saturated carbocycles. The first-order valence-corrected chi connectivity index (χ1v) is 8.57. The van der Waals surface area contributed by atoms with Crippen molar-refractivity contribution in [3.8, 4) is 0 Å². The van der Waals surface area contributed by atoms with Gasteiger partial charge in [-0.15, -0.1) is 0 Å². The molecule has 2 rings (SSSR count). The molecule has 0 aliphatic carbocycles. The van der Waals surface area contributed by atoms with E-state index in [4.69, 9.17) is 17.0 Å². The van der Waals surface area contributed by atoms with Gasteiger partial charge in [0.15, 0.2) is 5.11 Å². The maximum atomic E-state index is 11.8. The third-order valence-electron chi connectivity index (χ3n) is 4.37. The molecule has 2 N–H and O–H groups in total. The summed E-state index contributed by atoms with van der Waals surface area (Å²) < 4.78 is 4.81. The molecule has 0 unspecified atom stereocenters. The van der Waals surface area contributed by atoms with Crippen molar-refractivity contribution in [3.63, 3.8) is 0 Å². The van der Waals surface area contributed by atoms with E-state index >= 15 is 0 Å². The van der Waals surface area contributed by atoms with Gasteiger partial charge in [-0.25, -0.2) is 4.79 Å². The molecule has 25 heavy (non-hydrogen) atoms. The van der Waals surface area contributed by atoms with Crippen molar-refractivity contribution in [1.29, 1.82) is 0 Å². The summed E-state index contributed by atoms with van der Waals surface area (Å²) in [6.07, 6.45) is 0. The van der Waals surface area contributed by atoms with Crippen LogP contribution in [0.2, 0.25) is 0 Å². The molecule has 0 bridgehead atoms. The first kappa shape index (κ1) is 18.9. The van der Waals surface area contributed by atoms with Gasteiger partial charge < -0.3 is 15.4 Å². The van der Waals surface area contributed by atoms with Gasteiger partial charge in [-0.05, 0) is 74.3 Å². The van der Waals surface area contributed by atoms with Gasteiger partial charge in [-0.2, -0.15) is 0 Å². The Bertz CT molecular complexity index is 802. The maximum absolute atomic E-state index is 11.8. The second-order valence-corrected chi connectivity index (χ2v) is 6.54. The maximum Gasteiger partial charge on any atom is 0.338 e. The molecular formula is C20H24N2O2S. The number of benzene rings is 2. The Kier molecular flexibility index (Phi) is 6.15. The van der Waals surface area contributed by atoms with Gasteiger partial charge in [-0.1, -0.05) is 24.3 Å². The second kappa shape index (κ2) is 8.12. The lowest BCUT2D eigenvalue weighted by Gasteiger charge is -2.19. The fraction of sp³-hybridized carbons (Fsp3) is 0.300. The Morgan fingerprint density at radius 2 is 1.84 bits per heavy atom. The summed E-state index contributed by atoms with van der Waals surface area (Å²) in [5.74, 6) is -0.358. The SMILES string of the molecule is COC(=O)c1cccc(NC(=S)N[C@@H](C)c2ccc(C)c(C)c2)c1C. The average molecular weight is 356 g/mol. The summed E-state index contributed by atoms with van der Waals surface area (Å²) in [5, 5.41) is 6.96. The van der Waals surface area contributed by atoms with Crippen molar-refractivity contribution < 1.29 is 9.53 Å². The van der Waals surface area contributed by atoms with Crippen LogP contribution in [0.3, 0.4) is 0 Å². The molecule has 2 aromatic rings. The first-order valence-electron chi connectivity index (χ1n) is 8.16. The molecule has 4 nitrogen and oxygen atoms in total. The van der Waals surface area contributed by atoms with E-state index in [9.17, 15) is 4.79 Å². The van der Waals surface area contributed by atoms with E-state index < -0.39 is 0 Å². The van der Waals surface area contributed by atoms with E-state index in [1.807, 2.05) is 13.0 Å². The molecule has 0 spiro atoms. The van der Waals surface area contributed by atoms with Crippen molar-refractivity contribution in [3.05, 3.63) is 64.2 Å². The van der Waals surface area contributed by atoms with Crippen molar-refractivity contribution in [2.24, 2.45) is 0 Å². The molecule has 132 valence electrons. The van der Waals surface area contributed by atoms with Crippen LogP contribution in [0.1, 0.15) is 45.6 Å². The van der Waals surface area contributed by atoms with Crippen LogP contribution in [0, 0.1) is 20.8 Å². The topological polar surface area (TPSA) is 50.4 Å². The van der Waals surface area contributed by atoms with E-state index in [1.54, 1.807) is 12.1 Å². The number of hydrogen-bond donors (Lipinski definition) is 2. The minimum Gasteiger partial charge on any atom is -0.465 e. The number of aryl methyl sites for hydroxylation is 2. The normalized spacial score (nSPS) is 11.6. The van der Waals surface area contributed by atoms with Gasteiger partial charge in [-0.3, -0.25) is 0 Å². The lowest BCUT2D eigenvalue weighted by atomic mass is 10.0. The van der Waals surface area contributed by atoms with Gasteiger partial charge in [0.25, 0.3) is 0 Å². The number of carbonyl (C=O) groups excluding carboxylic acids is 1. The zero-order chi connectivity index (χ0) is 18.6. The van der Waals surface area contributed by atoms with Crippen molar-refractivity contribution in [2.75, 3.05) is 12.4 Å². The Balaban J connectivity index is 2.09. The van der Waals surface area contributed by atoms with E-state index in [2.05, 4.69) is 49.6 Å². The zero-order valence-corrected chi connectivity index (χ0v) is 16.1. The molecule has 0 radical (unpaired) electrons. The Hall–Kier alpha value is -2.40. The molecule has 0 fully saturated rings. The van der Waals surface area contributed by atoms with E-state index in [1.165, 1.54) is 23.8 Å². The van der Waals surface area contributed by atoms with Crippen LogP contribution in [0.25, 0.3) is 0 Å². The number of nitrogens with one attached hydrogen (secondary N) is 2. The van der Waals surface area contributed by atoms with Crippen LogP contribution < -0.4 is 10.6 Å². The van der Waals surface area contributed by atoms with Crippen molar-refractivity contribution in [2.45, 2.75) is 33.7 Å². The predicted octanol–water partition coefficient (Wildman–Crippen LogP) is 4.45. The Morgan fingerprint density at radius 3 is 2.48 bits per heavy atom. The predicted molar refractivity (Wildman–Crippen MR) is 106 cm³/mol. The molecular weight excluding hydrogens is 332 g/mol. The van der Waals surface area contributed by atoms with Gasteiger partial charge in [0.05, 0.1) is 18.7 Å². The molecule has 2 aromatic carbocycles. The highest BCUT2D eigenvalue weighted by molar-refractivity contribution is 7.80. The molecule has 0 aromatic heterocycles. The van der Waals surface area contributed by atoms with E-state index in [-0.39, 0.29) is 12.0 Å². The monoisotopic (exact) mass is 356 g/mol. The number of ether oxygens (including phenoxy) is 1. The highest BCUT2D eigenvalue weighted by Crippen LogP contribution is 2.21. The van der Waals surface area contributed by atoms with Crippen LogP contribution in [0.5, 0.6) is 0 Å². The van der Waals surface area contributed by atoms with Gasteiger partial charge in [0.1, 0.15) is 0 Å². The number of methoxy groups -OCH3 is 1. The lowest BCUT2D eigenvalue weighted by molar-refractivity contribution is 0.0600. The third-order valence-corrected chi connectivity index (χ3v) is 4.59. The van der Waals surface area contributed by atoms with Gasteiger partial charge in [0.2, 0.25) is 0 Å². The summed E-state index contributed by atoms with van der Waals surface area (Å²) in [4.78, 5) is 11.8. The van der Waals surface area contributed by atoms with Gasteiger partial charge >= 0.3 is 5.97 Å². The summed E-state index contributed by atoms with van der Waals surface area (Å²) in [5.41, 5.74) is 5.81. The number of anilines is 1. The fourth-order valence-corrected chi connectivity index (χ4v) is 2.86. The molecule has 5 heteroatoms. The molecule has 0 heterocycles. The van der Waals surface area contributed by atoms with Crippen molar-refractivity contribution in [1.82, 2.24) is 5.32 Å². The molecule has 0 aliphatic rings. The lowest BCUT2D eigenvalue weighted by Crippen LogP contribution is -2.31. The smallest absolute Gasteiger partial charge is 0.338 e. The number of rotatable bonds is 4. The number of thiocarbonyl (C=S) groups is 1. The first-order chi connectivity index (χ1) is 11.8. The minimum atomic E-state index is -0.358. The number of carbonyl (C=O) groups is 1. The highest BCUT2D eigenvalue weighted by Gasteiger charge is 2.13. The highest BCUT2D eigenvalue weighted by atomic mass is 32.1. The summed E-state index contributed by atoms with van der Waals surface area (Å²) in [6.45, 7) is 8.13. The summed E-state index contributed by atoms with van der Waals surface area (Å²) in [7, 11) is 1.37. The summed E-state index contributed by atoms with van der Waals surface area (Å²) in [6, 6.07) is 11.9. The largest absolute Gasteiger partial charge is 0.465 e. The number of hydrogen-bond acceptors (Lipinski definition) is 3. The fourth-order valence-electron chi connectivity index (χ4n) is 2.57. The Labute approximate surface area is 154 Å². The quantitative estimate of drug-likeness (QED) is 0.626. The van der Waals surface area contributed by atoms with Crippen LogP contribution in [-0.4, -0.2) is 18.2 Å². The van der Waals surface area contributed by atoms with Crippen LogP contribution in [0.15, 0.2) is 36.4 Å². The van der Waals surface area contributed by atoms with Crippen LogP contribution in [0.4, 0.5) is 5.69 Å². The average Bonchev–Trinajstić information content (AvgIpc) is 2.58. The van der Waals surface area contributed by atoms with Crippen LogP contribution >= 0.6 is 12.2 Å². The van der Waals surface area contributed by atoms with Crippen molar-refractivity contribution >= 4 is 29.0 Å². The van der Waals surface area contributed by atoms with E-state index in [0.717, 1.165) is 11.3 Å². The molecule has 1 atom stereocenters. The molecule has 0 amide bonds. The minimum absolute atomic E-state index is 0.0726. The third kappa shape index (κ3) is 4.57. The Morgan fingerprint density at radius 1 is 1.12 bits per heavy atom. The molecule has 0 aliphatic heterocycles. The molecule has 0 saturated heterocycles. The standard InChI is InChI=1S/C20H24N2O2S/c1-12-9-10-16(11-13(12)2)15(4)21-20(25)22-18-8-6-7-17(14(18)3)19(23)24-5/h6-11,15H,1-5H3,(H2,21,22,25)/t15-/m0/s1. The number of esters is 1. The van der Waals surface area contributed by atoms with E-state index in [0.29, 0.717) is 10.7 Å². The van der Waals surface area contributed by atoms with Crippen LogP contribution in [-0.2, 0) is 4.74 Å². The summed E-state index contributed by atoms with van der Waals surface area (Å²) >= 11 is 5.43.